The molecule has 1 unspecified atom stereocenters. The van der Waals surface area contributed by atoms with Crippen LogP contribution in [0.15, 0.2) is 46.9 Å². The molecule has 0 aromatic heterocycles. The molecule has 0 aliphatic heterocycles. The molecule has 112 valence electrons. The van der Waals surface area contributed by atoms with Crippen molar-refractivity contribution in [1.82, 2.24) is 5.32 Å². The third-order valence-corrected chi connectivity index (χ3v) is 4.47. The molecule has 4 heteroatoms. The summed E-state index contributed by atoms with van der Waals surface area (Å²) in [5.74, 6) is -0.252. The maximum Gasteiger partial charge on any atom is 0.127 e. The zero-order chi connectivity index (χ0) is 15.2. The lowest BCUT2D eigenvalue weighted by Gasteiger charge is -2.21. The summed E-state index contributed by atoms with van der Waals surface area (Å²) in [7, 11) is 0. The molecule has 21 heavy (non-hydrogen) atoms. The van der Waals surface area contributed by atoms with Crippen molar-refractivity contribution >= 4 is 27.5 Å². The molecule has 2 aromatic rings. The largest absolute Gasteiger partial charge is 0.310 e. The summed E-state index contributed by atoms with van der Waals surface area (Å²) in [5, 5.41) is 3.95. The second-order valence-electron chi connectivity index (χ2n) is 4.93. The molecular weight excluding hydrogens is 353 g/mol. The molecule has 0 saturated carbocycles. The van der Waals surface area contributed by atoms with E-state index in [2.05, 4.69) is 28.2 Å². The van der Waals surface area contributed by atoms with Gasteiger partial charge in [0.1, 0.15) is 5.82 Å². The Hall–Kier alpha value is -0.900. The Morgan fingerprint density at radius 3 is 2.62 bits per heavy atom. The van der Waals surface area contributed by atoms with Crippen LogP contribution in [0, 0.1) is 5.82 Å². The van der Waals surface area contributed by atoms with Gasteiger partial charge in [-0.15, -0.1) is 0 Å². The molecule has 2 aromatic carbocycles. The van der Waals surface area contributed by atoms with Crippen molar-refractivity contribution in [2.45, 2.75) is 25.8 Å². The minimum absolute atomic E-state index is 0.0231. The van der Waals surface area contributed by atoms with Crippen LogP contribution in [0.2, 0.25) is 5.02 Å². The Morgan fingerprint density at radius 1 is 1.19 bits per heavy atom. The average Bonchev–Trinajstić information content (AvgIpc) is 2.47. The molecule has 0 bridgehead atoms. The van der Waals surface area contributed by atoms with Crippen LogP contribution in [0.4, 0.5) is 4.39 Å². The van der Waals surface area contributed by atoms with Gasteiger partial charge in [-0.3, -0.25) is 0 Å². The molecule has 2 rings (SSSR count). The van der Waals surface area contributed by atoms with E-state index in [0.717, 1.165) is 23.0 Å². The maximum absolute atomic E-state index is 14.0. The van der Waals surface area contributed by atoms with Gasteiger partial charge in [0.25, 0.3) is 0 Å². The zero-order valence-corrected chi connectivity index (χ0v) is 14.2. The average molecular weight is 371 g/mol. The number of hydrogen-bond donors (Lipinski definition) is 1. The van der Waals surface area contributed by atoms with Crippen molar-refractivity contribution in [1.29, 1.82) is 0 Å². The van der Waals surface area contributed by atoms with E-state index in [4.69, 9.17) is 11.6 Å². The highest BCUT2D eigenvalue weighted by molar-refractivity contribution is 9.10. The molecule has 0 aliphatic rings. The highest BCUT2D eigenvalue weighted by atomic mass is 79.9. The molecule has 0 saturated heterocycles. The molecule has 0 aliphatic carbocycles. The highest BCUT2D eigenvalue weighted by Gasteiger charge is 2.18. The Morgan fingerprint density at radius 2 is 1.95 bits per heavy atom. The van der Waals surface area contributed by atoms with Crippen LogP contribution in [0.1, 0.15) is 30.5 Å². The van der Waals surface area contributed by atoms with E-state index in [9.17, 15) is 4.39 Å². The van der Waals surface area contributed by atoms with Gasteiger partial charge >= 0.3 is 0 Å². The van der Waals surface area contributed by atoms with Crippen molar-refractivity contribution in [3.63, 3.8) is 0 Å². The Kier molecular flexibility index (Phi) is 6.22. The van der Waals surface area contributed by atoms with E-state index in [1.165, 1.54) is 6.07 Å². The van der Waals surface area contributed by atoms with Crippen molar-refractivity contribution in [2.24, 2.45) is 0 Å². The Labute approximate surface area is 138 Å². The minimum Gasteiger partial charge on any atom is -0.310 e. The second kappa shape index (κ2) is 7.92. The quantitative estimate of drug-likeness (QED) is 0.705. The van der Waals surface area contributed by atoms with E-state index < -0.39 is 0 Å². The molecule has 0 amide bonds. The van der Waals surface area contributed by atoms with Gasteiger partial charge in [-0.25, -0.2) is 4.39 Å². The topological polar surface area (TPSA) is 12.0 Å². The van der Waals surface area contributed by atoms with E-state index in [-0.39, 0.29) is 11.9 Å². The fourth-order valence-electron chi connectivity index (χ4n) is 2.30. The SMILES string of the molecule is CCCNC(Cc1c(F)cccc1Cl)c1ccccc1Br. The molecule has 0 fully saturated rings. The van der Waals surface area contributed by atoms with Crippen LogP contribution in [-0.4, -0.2) is 6.54 Å². The van der Waals surface area contributed by atoms with E-state index >= 15 is 0 Å². The highest BCUT2D eigenvalue weighted by Crippen LogP contribution is 2.29. The third kappa shape index (κ3) is 4.29. The predicted octanol–water partition coefficient (Wildman–Crippen LogP) is 5.53. The number of hydrogen-bond acceptors (Lipinski definition) is 1. The van der Waals surface area contributed by atoms with Crippen LogP contribution in [0.25, 0.3) is 0 Å². The lowest BCUT2D eigenvalue weighted by Crippen LogP contribution is -2.25. The van der Waals surface area contributed by atoms with Gasteiger partial charge in [-0.1, -0.05) is 58.7 Å². The van der Waals surface area contributed by atoms with Gasteiger partial charge in [0, 0.05) is 21.1 Å². The molecule has 1 atom stereocenters. The fraction of sp³-hybridized carbons (Fsp3) is 0.294. The van der Waals surface area contributed by atoms with E-state index in [1.54, 1.807) is 12.1 Å². The molecular formula is C17H18BrClFN. The lowest BCUT2D eigenvalue weighted by molar-refractivity contribution is 0.512. The summed E-state index contributed by atoms with van der Waals surface area (Å²) in [6.07, 6.45) is 1.54. The van der Waals surface area contributed by atoms with Crippen LogP contribution in [0.5, 0.6) is 0 Å². The second-order valence-corrected chi connectivity index (χ2v) is 6.19. The zero-order valence-electron chi connectivity index (χ0n) is 11.9. The molecule has 0 radical (unpaired) electrons. The Bertz CT molecular complexity index is 583. The minimum atomic E-state index is -0.252. The van der Waals surface area contributed by atoms with Gasteiger partial charge in [0.05, 0.1) is 0 Å². The predicted molar refractivity (Wildman–Crippen MR) is 90.3 cm³/mol. The van der Waals surface area contributed by atoms with Crippen molar-refractivity contribution in [2.75, 3.05) is 6.54 Å². The van der Waals surface area contributed by atoms with Gasteiger partial charge in [0.15, 0.2) is 0 Å². The summed E-state index contributed by atoms with van der Waals surface area (Å²) in [5.41, 5.74) is 1.67. The van der Waals surface area contributed by atoms with Crippen LogP contribution >= 0.6 is 27.5 Å². The van der Waals surface area contributed by atoms with E-state index in [0.29, 0.717) is 17.0 Å². The van der Waals surface area contributed by atoms with Crippen LogP contribution in [0.3, 0.4) is 0 Å². The van der Waals surface area contributed by atoms with Crippen LogP contribution in [-0.2, 0) is 6.42 Å². The monoisotopic (exact) mass is 369 g/mol. The molecule has 0 spiro atoms. The van der Waals surface area contributed by atoms with Crippen LogP contribution < -0.4 is 5.32 Å². The van der Waals surface area contributed by atoms with Gasteiger partial charge < -0.3 is 5.32 Å². The summed E-state index contributed by atoms with van der Waals surface area (Å²) < 4.78 is 15.0. The molecule has 1 nitrogen and oxygen atoms in total. The number of halogens is 3. The lowest BCUT2D eigenvalue weighted by atomic mass is 9.98. The first-order valence-corrected chi connectivity index (χ1v) is 8.21. The van der Waals surface area contributed by atoms with Crippen molar-refractivity contribution in [3.05, 3.63) is 68.9 Å². The van der Waals surface area contributed by atoms with Gasteiger partial charge in [-0.2, -0.15) is 0 Å². The fourth-order valence-corrected chi connectivity index (χ4v) is 3.10. The first-order chi connectivity index (χ1) is 10.1. The van der Waals surface area contributed by atoms with Crippen molar-refractivity contribution < 1.29 is 4.39 Å². The molecule has 0 heterocycles. The number of nitrogens with one attached hydrogen (secondary N) is 1. The summed E-state index contributed by atoms with van der Waals surface area (Å²) in [4.78, 5) is 0. The standard InChI is InChI=1S/C17H18BrClFN/c1-2-10-21-17(12-6-3-4-7-14(12)18)11-13-15(19)8-5-9-16(13)20/h3-9,17,21H,2,10-11H2,1H3. The van der Waals surface area contributed by atoms with E-state index in [1.807, 2.05) is 24.3 Å². The van der Waals surface area contributed by atoms with Gasteiger partial charge in [0.2, 0.25) is 0 Å². The third-order valence-electron chi connectivity index (χ3n) is 3.39. The summed E-state index contributed by atoms with van der Waals surface area (Å²) in [6, 6.07) is 12.9. The normalized spacial score (nSPS) is 12.4. The number of rotatable bonds is 6. The summed E-state index contributed by atoms with van der Waals surface area (Å²) >= 11 is 9.73. The van der Waals surface area contributed by atoms with Crippen molar-refractivity contribution in [3.8, 4) is 0 Å². The Balaban J connectivity index is 2.31. The first-order valence-electron chi connectivity index (χ1n) is 7.04. The summed E-state index contributed by atoms with van der Waals surface area (Å²) in [6.45, 7) is 2.98. The molecule has 1 N–H and O–H groups in total. The first kappa shape index (κ1) is 16.5. The van der Waals surface area contributed by atoms with Gasteiger partial charge in [-0.05, 0) is 43.1 Å². The number of benzene rings is 2. The smallest absolute Gasteiger partial charge is 0.127 e. The maximum atomic E-state index is 14.0.